The molecule has 2 N–H and O–H groups in total. The maximum Gasteiger partial charge on any atom is 0.310 e. The van der Waals surface area contributed by atoms with Gasteiger partial charge in [0.2, 0.25) is 0 Å². The van der Waals surface area contributed by atoms with Crippen LogP contribution in [0.1, 0.15) is 52.9 Å². The fraction of sp³-hybridized carbons (Fsp3) is 0.917. The quantitative estimate of drug-likeness (QED) is 0.737. The van der Waals surface area contributed by atoms with Crippen molar-refractivity contribution in [1.29, 1.82) is 0 Å². The summed E-state index contributed by atoms with van der Waals surface area (Å²) in [4.78, 5) is 11.2. The molecule has 3 heteroatoms. The predicted molar refractivity (Wildman–Crippen MR) is 60.9 cm³/mol. The van der Waals surface area contributed by atoms with Crippen LogP contribution in [0.5, 0.6) is 0 Å². The molecule has 0 amide bonds. The fourth-order valence-electron chi connectivity index (χ4n) is 2.36. The van der Waals surface area contributed by atoms with Crippen molar-refractivity contribution in [2.75, 3.05) is 0 Å². The lowest BCUT2D eigenvalue weighted by Crippen LogP contribution is -2.49. The molecule has 1 unspecified atom stereocenters. The molecule has 1 rings (SSSR count). The van der Waals surface area contributed by atoms with Gasteiger partial charge in [-0.25, -0.2) is 0 Å². The molecule has 0 spiro atoms. The monoisotopic (exact) mass is 213 g/mol. The summed E-state index contributed by atoms with van der Waals surface area (Å²) in [6, 6.07) is 0.617. The molecule has 3 nitrogen and oxygen atoms in total. The van der Waals surface area contributed by atoms with Crippen LogP contribution >= 0.6 is 0 Å². The van der Waals surface area contributed by atoms with Gasteiger partial charge in [0, 0.05) is 12.1 Å². The highest BCUT2D eigenvalue weighted by Crippen LogP contribution is 2.26. The molecule has 0 aromatic heterocycles. The van der Waals surface area contributed by atoms with Crippen LogP contribution < -0.4 is 5.32 Å². The maximum atomic E-state index is 11.2. The van der Waals surface area contributed by atoms with Gasteiger partial charge in [0.25, 0.3) is 0 Å². The molecule has 15 heavy (non-hydrogen) atoms. The van der Waals surface area contributed by atoms with E-state index in [-0.39, 0.29) is 6.04 Å². The van der Waals surface area contributed by atoms with E-state index in [0.717, 1.165) is 6.42 Å². The van der Waals surface area contributed by atoms with Crippen LogP contribution in [0.3, 0.4) is 0 Å². The van der Waals surface area contributed by atoms with Gasteiger partial charge in [-0.05, 0) is 33.1 Å². The second-order valence-electron chi connectivity index (χ2n) is 5.14. The molecule has 1 saturated carbocycles. The Kier molecular flexibility index (Phi) is 4.14. The van der Waals surface area contributed by atoms with Crippen LogP contribution in [0.4, 0.5) is 0 Å². The first-order chi connectivity index (χ1) is 6.98. The number of carboxylic acids is 1. The first-order valence-electron chi connectivity index (χ1n) is 5.98. The Bertz CT molecular complexity index is 220. The van der Waals surface area contributed by atoms with Crippen molar-refractivity contribution in [2.45, 2.75) is 65.0 Å². The van der Waals surface area contributed by atoms with E-state index in [1.54, 1.807) is 0 Å². The summed E-state index contributed by atoms with van der Waals surface area (Å²) in [5.74, 6) is -0.708. The first kappa shape index (κ1) is 12.5. The SMILES string of the molecule is CCC(NC1CCCC1)C(C)(C)C(=O)O. The summed E-state index contributed by atoms with van der Waals surface area (Å²) in [6.45, 7) is 5.67. The Hall–Kier alpha value is -0.570. The number of hydrogen-bond donors (Lipinski definition) is 2. The van der Waals surface area contributed by atoms with Crippen molar-refractivity contribution in [2.24, 2.45) is 5.41 Å². The molecule has 1 aliphatic carbocycles. The fourth-order valence-corrected chi connectivity index (χ4v) is 2.36. The van der Waals surface area contributed by atoms with E-state index in [0.29, 0.717) is 6.04 Å². The molecular weight excluding hydrogens is 190 g/mol. The average Bonchev–Trinajstić information content (AvgIpc) is 2.65. The van der Waals surface area contributed by atoms with Crippen molar-refractivity contribution in [3.63, 3.8) is 0 Å². The van der Waals surface area contributed by atoms with Crippen LogP contribution in [0.2, 0.25) is 0 Å². The zero-order chi connectivity index (χ0) is 11.5. The molecule has 0 aromatic carbocycles. The van der Waals surface area contributed by atoms with Crippen LogP contribution in [-0.4, -0.2) is 23.2 Å². The highest BCUT2D eigenvalue weighted by atomic mass is 16.4. The Balaban J connectivity index is 2.57. The Morgan fingerprint density at radius 3 is 2.40 bits per heavy atom. The molecule has 0 bridgehead atoms. The number of carbonyl (C=O) groups is 1. The summed E-state index contributed by atoms with van der Waals surface area (Å²) < 4.78 is 0. The molecule has 0 aliphatic heterocycles. The highest BCUT2D eigenvalue weighted by Gasteiger charge is 2.36. The van der Waals surface area contributed by atoms with Gasteiger partial charge in [0.05, 0.1) is 5.41 Å². The Morgan fingerprint density at radius 1 is 1.47 bits per heavy atom. The minimum atomic E-state index is -0.708. The molecule has 0 radical (unpaired) electrons. The van der Waals surface area contributed by atoms with Gasteiger partial charge in [-0.2, -0.15) is 0 Å². The normalized spacial score (nSPS) is 20.5. The number of nitrogens with one attached hydrogen (secondary N) is 1. The van der Waals surface area contributed by atoms with Crippen molar-refractivity contribution in [1.82, 2.24) is 5.32 Å². The largest absolute Gasteiger partial charge is 0.481 e. The van der Waals surface area contributed by atoms with Crippen molar-refractivity contribution in [3.8, 4) is 0 Å². The van der Waals surface area contributed by atoms with Crippen LogP contribution in [0.15, 0.2) is 0 Å². The molecule has 0 aromatic rings. The first-order valence-corrected chi connectivity index (χ1v) is 5.98. The van der Waals surface area contributed by atoms with E-state index in [1.807, 2.05) is 13.8 Å². The molecule has 0 heterocycles. The van der Waals surface area contributed by atoms with Gasteiger partial charge < -0.3 is 10.4 Å². The van der Waals surface area contributed by atoms with E-state index in [2.05, 4.69) is 12.2 Å². The van der Waals surface area contributed by atoms with E-state index < -0.39 is 11.4 Å². The number of aliphatic carboxylic acids is 1. The highest BCUT2D eigenvalue weighted by molar-refractivity contribution is 5.74. The summed E-state index contributed by atoms with van der Waals surface area (Å²) in [6.07, 6.45) is 5.83. The molecule has 0 saturated heterocycles. The van der Waals surface area contributed by atoms with E-state index in [9.17, 15) is 9.90 Å². The van der Waals surface area contributed by atoms with Gasteiger partial charge in [0.15, 0.2) is 0 Å². The van der Waals surface area contributed by atoms with E-state index in [4.69, 9.17) is 0 Å². The summed E-state index contributed by atoms with van der Waals surface area (Å²) >= 11 is 0. The lowest BCUT2D eigenvalue weighted by atomic mass is 9.82. The van der Waals surface area contributed by atoms with Crippen LogP contribution in [-0.2, 0) is 4.79 Å². The summed E-state index contributed by atoms with van der Waals surface area (Å²) in [5, 5.41) is 12.7. The van der Waals surface area contributed by atoms with Crippen LogP contribution in [0, 0.1) is 5.41 Å². The lowest BCUT2D eigenvalue weighted by Gasteiger charge is -2.32. The van der Waals surface area contributed by atoms with Gasteiger partial charge in [-0.15, -0.1) is 0 Å². The molecule has 1 aliphatic rings. The van der Waals surface area contributed by atoms with Crippen LogP contribution in [0.25, 0.3) is 0 Å². The Labute approximate surface area is 92.3 Å². The third-order valence-electron chi connectivity index (χ3n) is 3.62. The average molecular weight is 213 g/mol. The minimum absolute atomic E-state index is 0.0816. The maximum absolute atomic E-state index is 11.2. The third-order valence-corrected chi connectivity index (χ3v) is 3.62. The van der Waals surface area contributed by atoms with Gasteiger partial charge in [-0.3, -0.25) is 4.79 Å². The Morgan fingerprint density at radius 2 is 2.00 bits per heavy atom. The smallest absolute Gasteiger partial charge is 0.310 e. The van der Waals surface area contributed by atoms with Gasteiger partial charge in [0.1, 0.15) is 0 Å². The predicted octanol–water partition coefficient (Wildman–Crippen LogP) is 2.41. The third kappa shape index (κ3) is 2.94. The standard InChI is InChI=1S/C12H23NO2/c1-4-10(12(2,3)11(14)15)13-9-7-5-6-8-9/h9-10,13H,4-8H2,1-3H3,(H,14,15). The molecule has 88 valence electrons. The van der Waals surface area contributed by atoms with Crippen molar-refractivity contribution >= 4 is 5.97 Å². The van der Waals surface area contributed by atoms with Crippen molar-refractivity contribution in [3.05, 3.63) is 0 Å². The topological polar surface area (TPSA) is 49.3 Å². The van der Waals surface area contributed by atoms with Gasteiger partial charge >= 0.3 is 5.97 Å². The van der Waals surface area contributed by atoms with E-state index >= 15 is 0 Å². The number of hydrogen-bond acceptors (Lipinski definition) is 2. The minimum Gasteiger partial charge on any atom is -0.481 e. The molecule has 1 fully saturated rings. The van der Waals surface area contributed by atoms with E-state index in [1.165, 1.54) is 25.7 Å². The lowest BCUT2D eigenvalue weighted by molar-refractivity contribution is -0.148. The zero-order valence-electron chi connectivity index (χ0n) is 10.0. The summed E-state index contributed by atoms with van der Waals surface area (Å²) in [7, 11) is 0. The number of rotatable bonds is 5. The zero-order valence-corrected chi connectivity index (χ0v) is 10.0. The second-order valence-corrected chi connectivity index (χ2v) is 5.14. The number of carboxylic acid groups (broad SMARTS) is 1. The summed E-state index contributed by atoms with van der Waals surface area (Å²) in [5.41, 5.74) is -0.669. The second kappa shape index (κ2) is 4.97. The van der Waals surface area contributed by atoms with Gasteiger partial charge in [-0.1, -0.05) is 19.8 Å². The molecule has 1 atom stereocenters. The molecular formula is C12H23NO2. The van der Waals surface area contributed by atoms with Crippen molar-refractivity contribution < 1.29 is 9.90 Å².